The van der Waals surface area contributed by atoms with Crippen LogP contribution in [0.4, 0.5) is 0 Å². The summed E-state index contributed by atoms with van der Waals surface area (Å²) in [5.74, 6) is 0.719. The van der Waals surface area contributed by atoms with E-state index in [1.54, 1.807) is 11.8 Å². The van der Waals surface area contributed by atoms with E-state index in [2.05, 4.69) is 4.90 Å². The molecule has 0 aromatic rings. The first-order chi connectivity index (χ1) is 7.85. The summed E-state index contributed by atoms with van der Waals surface area (Å²) in [5.41, 5.74) is 0. The fraction of sp³-hybridized carbons (Fsp3) is 1.00. The zero-order valence-corrected chi connectivity index (χ0v) is 11.2. The van der Waals surface area contributed by atoms with E-state index in [9.17, 15) is 0 Å². The molecule has 5 nitrogen and oxygen atoms in total. The number of aliphatic hydroxyl groups is 1. The molecule has 3 saturated heterocycles. The van der Waals surface area contributed by atoms with Crippen LogP contribution in [0.5, 0.6) is 0 Å². The van der Waals surface area contributed by atoms with Gasteiger partial charge in [-0.3, -0.25) is 4.90 Å². The standard InChI is InChI=1S/C9H19NO4SSi/c11-4-8-15-9-16-12-5-1-10(2-6-13-16)3-7-14-16/h11H,1-9H2. The van der Waals surface area contributed by atoms with Crippen molar-refractivity contribution in [1.29, 1.82) is 0 Å². The van der Waals surface area contributed by atoms with E-state index in [4.69, 9.17) is 18.4 Å². The van der Waals surface area contributed by atoms with Crippen molar-refractivity contribution in [3.8, 4) is 0 Å². The number of nitrogens with zero attached hydrogens (tertiary/aromatic N) is 1. The summed E-state index contributed by atoms with van der Waals surface area (Å²) in [5, 5.41) is 9.54. The van der Waals surface area contributed by atoms with E-state index in [-0.39, 0.29) is 6.61 Å². The van der Waals surface area contributed by atoms with Gasteiger partial charge in [-0.25, -0.2) is 0 Å². The first-order valence-electron chi connectivity index (χ1n) is 5.67. The van der Waals surface area contributed by atoms with Crippen LogP contribution >= 0.6 is 11.8 Å². The maximum atomic E-state index is 8.78. The van der Waals surface area contributed by atoms with E-state index in [1.807, 2.05) is 0 Å². The Morgan fingerprint density at radius 1 is 1.06 bits per heavy atom. The van der Waals surface area contributed by atoms with Gasteiger partial charge in [-0.2, -0.15) is 11.8 Å². The Morgan fingerprint density at radius 2 is 1.62 bits per heavy atom. The third-order valence-corrected chi connectivity index (χ3v) is 7.34. The normalized spacial score (nSPS) is 35.4. The van der Waals surface area contributed by atoms with Gasteiger partial charge in [-0.05, 0) is 0 Å². The van der Waals surface area contributed by atoms with Gasteiger partial charge in [0.25, 0.3) is 0 Å². The van der Waals surface area contributed by atoms with Crippen LogP contribution in [0.1, 0.15) is 0 Å². The molecule has 0 aromatic heterocycles. The molecule has 3 heterocycles. The van der Waals surface area contributed by atoms with Crippen LogP contribution in [-0.4, -0.2) is 76.0 Å². The number of hydrogen-bond acceptors (Lipinski definition) is 6. The lowest BCUT2D eigenvalue weighted by atomic mass is 10.4. The largest absolute Gasteiger partial charge is 0.511 e. The van der Waals surface area contributed by atoms with Gasteiger partial charge in [0.1, 0.15) is 0 Å². The number of fused-ring (bicyclic) bond motifs is 6. The molecule has 7 heteroatoms. The van der Waals surface area contributed by atoms with Crippen LogP contribution in [-0.2, 0) is 13.3 Å². The molecule has 0 spiro atoms. The average Bonchev–Trinajstić information content (AvgIpc) is 2.19. The van der Waals surface area contributed by atoms with Gasteiger partial charge in [0.15, 0.2) is 0 Å². The van der Waals surface area contributed by atoms with Gasteiger partial charge < -0.3 is 18.4 Å². The van der Waals surface area contributed by atoms with E-state index >= 15 is 0 Å². The smallest absolute Gasteiger partial charge is 0.396 e. The molecular formula is C9H19NO4SSi. The maximum absolute atomic E-state index is 8.78. The van der Waals surface area contributed by atoms with Gasteiger partial charge in [0.05, 0.1) is 31.8 Å². The Bertz CT molecular complexity index is 195. The highest BCUT2D eigenvalue weighted by Crippen LogP contribution is 2.20. The molecule has 0 aliphatic carbocycles. The predicted octanol–water partition coefficient (Wildman–Crippen LogP) is -0.431. The Morgan fingerprint density at radius 3 is 2.12 bits per heavy atom. The SMILES string of the molecule is OCCSC[Si]12OCCN(CCO1)CCO2. The van der Waals surface area contributed by atoms with E-state index in [0.717, 1.165) is 30.8 Å². The molecule has 94 valence electrons. The van der Waals surface area contributed by atoms with Gasteiger partial charge in [-0.1, -0.05) is 0 Å². The van der Waals surface area contributed by atoms with E-state index < -0.39 is 8.80 Å². The molecule has 3 aliphatic rings. The van der Waals surface area contributed by atoms with Crippen molar-refractivity contribution in [3.63, 3.8) is 0 Å². The number of thioether (sulfide) groups is 1. The van der Waals surface area contributed by atoms with Crippen molar-refractivity contribution in [2.45, 2.75) is 0 Å². The van der Waals surface area contributed by atoms with Crippen LogP contribution < -0.4 is 0 Å². The fourth-order valence-corrected chi connectivity index (χ4v) is 6.00. The molecule has 0 atom stereocenters. The molecule has 16 heavy (non-hydrogen) atoms. The Labute approximate surface area is 101 Å². The first-order valence-corrected chi connectivity index (χ1v) is 8.76. The van der Waals surface area contributed by atoms with Crippen LogP contribution in [0, 0.1) is 0 Å². The van der Waals surface area contributed by atoms with Crippen molar-refractivity contribution < 1.29 is 18.4 Å². The van der Waals surface area contributed by atoms with Crippen molar-refractivity contribution in [2.24, 2.45) is 0 Å². The lowest BCUT2D eigenvalue weighted by Crippen LogP contribution is -2.57. The minimum absolute atomic E-state index is 0.197. The molecule has 0 saturated carbocycles. The molecule has 2 bridgehead atoms. The summed E-state index contributed by atoms with van der Waals surface area (Å²) < 4.78 is 17.5. The molecule has 1 N–H and O–H groups in total. The highest BCUT2D eigenvalue weighted by atomic mass is 32.2. The minimum atomic E-state index is -2.44. The number of rotatable bonds is 4. The first kappa shape index (κ1) is 12.8. The highest BCUT2D eigenvalue weighted by molar-refractivity contribution is 8.00. The second-order valence-corrected chi connectivity index (χ2v) is 8.05. The van der Waals surface area contributed by atoms with Gasteiger partial charge >= 0.3 is 8.80 Å². The second kappa shape index (κ2) is 6.34. The predicted molar refractivity (Wildman–Crippen MR) is 64.5 cm³/mol. The van der Waals surface area contributed by atoms with Gasteiger partial charge in [0.2, 0.25) is 0 Å². The zero-order valence-electron chi connectivity index (χ0n) is 9.39. The maximum Gasteiger partial charge on any atom is 0.511 e. The highest BCUT2D eigenvalue weighted by Gasteiger charge is 2.43. The van der Waals surface area contributed by atoms with Crippen LogP contribution in [0.2, 0.25) is 0 Å². The second-order valence-electron chi connectivity index (χ2n) is 3.85. The molecular weight excluding hydrogens is 246 g/mol. The van der Waals surface area contributed by atoms with Gasteiger partial charge in [-0.15, -0.1) is 0 Å². The van der Waals surface area contributed by atoms with Crippen molar-refractivity contribution in [3.05, 3.63) is 0 Å². The molecule has 0 aromatic carbocycles. The summed E-state index contributed by atoms with van der Waals surface area (Å²) in [6.07, 6.45) is 0. The lowest BCUT2D eigenvalue weighted by Gasteiger charge is -2.37. The lowest BCUT2D eigenvalue weighted by molar-refractivity contribution is -0.00443. The van der Waals surface area contributed by atoms with Crippen molar-refractivity contribution in [1.82, 2.24) is 4.90 Å². The summed E-state index contributed by atoms with van der Waals surface area (Å²) in [4.78, 5) is 2.30. The summed E-state index contributed by atoms with van der Waals surface area (Å²) >= 11 is 1.66. The minimum Gasteiger partial charge on any atom is -0.396 e. The van der Waals surface area contributed by atoms with Crippen LogP contribution in [0.15, 0.2) is 0 Å². The monoisotopic (exact) mass is 265 g/mol. The third kappa shape index (κ3) is 3.43. The summed E-state index contributed by atoms with van der Waals surface area (Å²) in [6, 6.07) is 0. The van der Waals surface area contributed by atoms with Gasteiger partial charge in [0, 0.05) is 25.4 Å². The zero-order chi connectivity index (χ0) is 11.3. The van der Waals surface area contributed by atoms with Crippen molar-refractivity contribution >= 4 is 20.6 Å². The molecule has 0 amide bonds. The molecule has 3 aliphatic heterocycles. The summed E-state index contributed by atoms with van der Waals surface area (Å²) in [6.45, 7) is 5.23. The quantitative estimate of drug-likeness (QED) is 0.550. The Kier molecular flexibility index (Phi) is 5.08. The number of hydrogen-bond donors (Lipinski definition) is 1. The van der Waals surface area contributed by atoms with Crippen LogP contribution in [0.3, 0.4) is 0 Å². The average molecular weight is 265 g/mol. The fourth-order valence-electron chi connectivity index (χ4n) is 1.84. The Hall–Kier alpha value is 0.367. The topological polar surface area (TPSA) is 51.2 Å². The Balaban J connectivity index is 1.92. The van der Waals surface area contributed by atoms with E-state index in [1.165, 1.54) is 0 Å². The molecule has 3 fully saturated rings. The molecule has 3 rings (SSSR count). The van der Waals surface area contributed by atoms with Crippen LogP contribution in [0.25, 0.3) is 0 Å². The molecule has 0 unspecified atom stereocenters. The number of aliphatic hydroxyl groups excluding tert-OH is 1. The van der Waals surface area contributed by atoms with E-state index in [0.29, 0.717) is 19.8 Å². The molecule has 0 radical (unpaired) electrons. The summed E-state index contributed by atoms with van der Waals surface area (Å²) in [7, 11) is -2.44. The third-order valence-electron chi connectivity index (χ3n) is 2.70. The van der Waals surface area contributed by atoms with Crippen molar-refractivity contribution in [2.75, 3.05) is 57.2 Å².